The molecule has 0 bridgehead atoms. The van der Waals surface area contributed by atoms with Crippen LogP contribution in [0.4, 0.5) is 0 Å². The van der Waals surface area contributed by atoms with Crippen molar-refractivity contribution in [2.24, 2.45) is 5.92 Å². The Hall–Kier alpha value is -1.22. The van der Waals surface area contributed by atoms with Crippen LogP contribution in [-0.4, -0.2) is 29.7 Å². The summed E-state index contributed by atoms with van der Waals surface area (Å²) < 4.78 is 5.40. The second-order valence-electron chi connectivity index (χ2n) is 5.13. The number of benzene rings is 1. The number of phenolic OH excluding ortho intramolecular Hbond substituents is 1. The molecule has 1 unspecified atom stereocenters. The maximum Gasteiger partial charge on any atom is 0.161 e. The molecular formula is C15H25NO2. The van der Waals surface area contributed by atoms with Crippen LogP contribution in [0.2, 0.25) is 0 Å². The van der Waals surface area contributed by atoms with E-state index in [0.717, 1.165) is 12.1 Å². The lowest BCUT2D eigenvalue weighted by molar-refractivity contribution is 0.200. The van der Waals surface area contributed by atoms with Crippen molar-refractivity contribution in [2.45, 2.75) is 40.3 Å². The molecule has 1 N–H and O–H groups in total. The third-order valence-corrected chi connectivity index (χ3v) is 3.42. The van der Waals surface area contributed by atoms with Crippen LogP contribution >= 0.6 is 0 Å². The summed E-state index contributed by atoms with van der Waals surface area (Å²) in [5, 5.41) is 9.66. The summed E-state index contributed by atoms with van der Waals surface area (Å²) in [6.45, 7) is 10.0. The molecule has 102 valence electrons. The Labute approximate surface area is 110 Å². The van der Waals surface area contributed by atoms with E-state index in [1.54, 1.807) is 6.07 Å². The van der Waals surface area contributed by atoms with Crippen molar-refractivity contribution in [3.05, 3.63) is 23.8 Å². The summed E-state index contributed by atoms with van der Waals surface area (Å²) in [5.41, 5.74) is 1.16. The van der Waals surface area contributed by atoms with Gasteiger partial charge in [0.25, 0.3) is 0 Å². The number of hydrogen-bond donors (Lipinski definition) is 1. The average Bonchev–Trinajstić information content (AvgIpc) is 2.32. The second-order valence-corrected chi connectivity index (χ2v) is 5.13. The number of phenols is 1. The van der Waals surface area contributed by atoms with Gasteiger partial charge in [-0.05, 0) is 44.5 Å². The monoisotopic (exact) mass is 251 g/mol. The zero-order valence-electron chi connectivity index (χ0n) is 12.1. The summed E-state index contributed by atoms with van der Waals surface area (Å²) in [6.07, 6.45) is 0. The predicted molar refractivity (Wildman–Crippen MR) is 75.0 cm³/mol. The quantitative estimate of drug-likeness (QED) is 0.842. The van der Waals surface area contributed by atoms with E-state index >= 15 is 0 Å². The molecule has 1 rings (SSSR count). The lowest BCUT2D eigenvalue weighted by atomic mass is 10.0. The van der Waals surface area contributed by atoms with E-state index in [0.29, 0.717) is 24.3 Å². The molecule has 0 aromatic heterocycles. The van der Waals surface area contributed by atoms with Gasteiger partial charge in [0.2, 0.25) is 0 Å². The van der Waals surface area contributed by atoms with Gasteiger partial charge < -0.3 is 9.84 Å². The van der Waals surface area contributed by atoms with Crippen LogP contribution in [0.5, 0.6) is 11.5 Å². The minimum Gasteiger partial charge on any atom is -0.504 e. The molecule has 0 saturated heterocycles. The van der Waals surface area contributed by atoms with Crippen molar-refractivity contribution in [3.8, 4) is 11.5 Å². The molecule has 0 aliphatic heterocycles. The van der Waals surface area contributed by atoms with Crippen LogP contribution in [0.3, 0.4) is 0 Å². The zero-order valence-corrected chi connectivity index (χ0v) is 12.1. The molecule has 1 atom stereocenters. The molecule has 3 heteroatoms. The summed E-state index contributed by atoms with van der Waals surface area (Å²) >= 11 is 0. The van der Waals surface area contributed by atoms with Gasteiger partial charge in [0, 0.05) is 12.6 Å². The molecule has 0 radical (unpaired) electrons. The van der Waals surface area contributed by atoms with Gasteiger partial charge in [-0.1, -0.05) is 19.9 Å². The van der Waals surface area contributed by atoms with Crippen molar-refractivity contribution >= 4 is 0 Å². The first-order valence-corrected chi connectivity index (χ1v) is 6.60. The molecule has 0 saturated carbocycles. The average molecular weight is 251 g/mol. The molecule has 0 spiro atoms. The largest absolute Gasteiger partial charge is 0.504 e. The number of aromatic hydroxyl groups is 1. The number of hydrogen-bond acceptors (Lipinski definition) is 3. The maximum atomic E-state index is 9.66. The minimum atomic E-state index is 0.208. The zero-order chi connectivity index (χ0) is 13.7. The fourth-order valence-electron chi connectivity index (χ4n) is 1.87. The van der Waals surface area contributed by atoms with Crippen molar-refractivity contribution in [1.29, 1.82) is 0 Å². The van der Waals surface area contributed by atoms with Gasteiger partial charge in [0.05, 0.1) is 6.61 Å². The number of rotatable bonds is 6. The van der Waals surface area contributed by atoms with Crippen LogP contribution in [0.1, 0.15) is 33.3 Å². The standard InChI is InChI=1S/C15H25NO2/c1-6-18-15-9-13(7-8-14(15)17)10-16(5)12(4)11(2)3/h7-9,11-12,17H,6,10H2,1-5H3. The van der Waals surface area contributed by atoms with Gasteiger partial charge in [0.1, 0.15) is 0 Å². The number of ether oxygens (including phenoxy) is 1. The third kappa shape index (κ3) is 3.91. The minimum absolute atomic E-state index is 0.208. The van der Waals surface area contributed by atoms with E-state index < -0.39 is 0 Å². The van der Waals surface area contributed by atoms with Crippen molar-refractivity contribution in [3.63, 3.8) is 0 Å². The first-order valence-electron chi connectivity index (χ1n) is 6.60. The van der Waals surface area contributed by atoms with Crippen LogP contribution < -0.4 is 4.74 Å². The highest BCUT2D eigenvalue weighted by atomic mass is 16.5. The highest BCUT2D eigenvalue weighted by molar-refractivity contribution is 5.41. The second kappa shape index (κ2) is 6.64. The number of nitrogens with zero attached hydrogens (tertiary/aromatic N) is 1. The summed E-state index contributed by atoms with van der Waals surface area (Å²) in [7, 11) is 2.12. The molecule has 18 heavy (non-hydrogen) atoms. The lowest BCUT2D eigenvalue weighted by Gasteiger charge is -2.28. The summed E-state index contributed by atoms with van der Waals surface area (Å²) in [4.78, 5) is 2.31. The van der Waals surface area contributed by atoms with Gasteiger partial charge >= 0.3 is 0 Å². The molecule has 0 heterocycles. The molecule has 1 aromatic carbocycles. The Balaban J connectivity index is 2.75. The molecule has 3 nitrogen and oxygen atoms in total. The first-order chi connectivity index (χ1) is 8.45. The Morgan fingerprint density at radius 1 is 1.28 bits per heavy atom. The topological polar surface area (TPSA) is 32.7 Å². The first kappa shape index (κ1) is 14.8. The molecule has 0 fully saturated rings. The van der Waals surface area contributed by atoms with Crippen LogP contribution in [-0.2, 0) is 6.54 Å². The van der Waals surface area contributed by atoms with Gasteiger partial charge in [-0.2, -0.15) is 0 Å². The Morgan fingerprint density at radius 3 is 2.50 bits per heavy atom. The normalized spacial score (nSPS) is 13.1. The van der Waals surface area contributed by atoms with E-state index in [1.165, 1.54) is 0 Å². The van der Waals surface area contributed by atoms with Crippen molar-refractivity contribution in [1.82, 2.24) is 4.90 Å². The Bertz CT molecular complexity index is 377. The van der Waals surface area contributed by atoms with Gasteiger partial charge in [0.15, 0.2) is 11.5 Å². The van der Waals surface area contributed by atoms with Gasteiger partial charge in [-0.25, -0.2) is 0 Å². The maximum absolute atomic E-state index is 9.66. The molecular weight excluding hydrogens is 226 g/mol. The van der Waals surface area contributed by atoms with Crippen LogP contribution in [0, 0.1) is 5.92 Å². The van der Waals surface area contributed by atoms with Crippen molar-refractivity contribution in [2.75, 3.05) is 13.7 Å². The highest BCUT2D eigenvalue weighted by Crippen LogP contribution is 2.27. The van der Waals surface area contributed by atoms with E-state index in [1.807, 2.05) is 19.1 Å². The molecule has 1 aromatic rings. The third-order valence-electron chi connectivity index (χ3n) is 3.42. The van der Waals surface area contributed by atoms with E-state index in [-0.39, 0.29) is 5.75 Å². The predicted octanol–water partition coefficient (Wildman–Crippen LogP) is 3.27. The van der Waals surface area contributed by atoms with Crippen LogP contribution in [0.15, 0.2) is 18.2 Å². The van der Waals surface area contributed by atoms with E-state index in [4.69, 9.17) is 4.74 Å². The van der Waals surface area contributed by atoms with Gasteiger partial charge in [-0.15, -0.1) is 0 Å². The fraction of sp³-hybridized carbons (Fsp3) is 0.600. The highest BCUT2D eigenvalue weighted by Gasteiger charge is 2.14. The van der Waals surface area contributed by atoms with E-state index in [9.17, 15) is 5.11 Å². The molecule has 0 amide bonds. The fourth-order valence-corrected chi connectivity index (χ4v) is 1.87. The Morgan fingerprint density at radius 2 is 1.94 bits per heavy atom. The SMILES string of the molecule is CCOc1cc(CN(C)C(C)C(C)C)ccc1O. The van der Waals surface area contributed by atoms with Crippen molar-refractivity contribution < 1.29 is 9.84 Å². The Kier molecular flexibility index (Phi) is 5.48. The van der Waals surface area contributed by atoms with E-state index in [2.05, 4.69) is 32.7 Å². The van der Waals surface area contributed by atoms with Gasteiger partial charge in [-0.3, -0.25) is 4.90 Å². The molecule has 0 aliphatic rings. The summed E-state index contributed by atoms with van der Waals surface area (Å²) in [5.74, 6) is 1.40. The molecule has 0 aliphatic carbocycles. The smallest absolute Gasteiger partial charge is 0.161 e. The lowest BCUT2D eigenvalue weighted by Crippen LogP contribution is -2.32. The van der Waals surface area contributed by atoms with Crippen LogP contribution in [0.25, 0.3) is 0 Å². The summed E-state index contributed by atoms with van der Waals surface area (Å²) in [6, 6.07) is 6.09.